The van der Waals surface area contributed by atoms with Gasteiger partial charge in [0.05, 0.1) is 10.2 Å². The standard InChI is InChI=1S/C11H7BrClFN2S/c12-9-5-15-10(16-11(9)13)6-17-8-3-1-7(14)2-4-8/h1-5H,6H2. The minimum Gasteiger partial charge on any atom is -0.239 e. The fraction of sp³-hybridized carbons (Fsp3) is 0.0909. The van der Waals surface area contributed by atoms with Crippen LogP contribution in [0.4, 0.5) is 4.39 Å². The maximum absolute atomic E-state index is 12.7. The van der Waals surface area contributed by atoms with E-state index in [0.717, 1.165) is 4.90 Å². The number of benzene rings is 1. The van der Waals surface area contributed by atoms with Gasteiger partial charge >= 0.3 is 0 Å². The van der Waals surface area contributed by atoms with Crippen molar-refractivity contribution in [1.29, 1.82) is 0 Å². The van der Waals surface area contributed by atoms with Gasteiger partial charge in [-0.3, -0.25) is 0 Å². The molecule has 1 heterocycles. The SMILES string of the molecule is Fc1ccc(SCc2ncc(Br)c(Cl)n2)cc1. The molecule has 6 heteroatoms. The predicted molar refractivity (Wildman–Crippen MR) is 70.7 cm³/mol. The van der Waals surface area contributed by atoms with Gasteiger partial charge in [-0.2, -0.15) is 0 Å². The van der Waals surface area contributed by atoms with Crippen LogP contribution in [0.2, 0.25) is 5.15 Å². The summed E-state index contributed by atoms with van der Waals surface area (Å²) in [5.74, 6) is 1.00. The van der Waals surface area contributed by atoms with Crippen LogP contribution in [-0.4, -0.2) is 9.97 Å². The average Bonchev–Trinajstić information content (AvgIpc) is 2.33. The van der Waals surface area contributed by atoms with E-state index < -0.39 is 0 Å². The Labute approximate surface area is 116 Å². The molecule has 0 spiro atoms. The van der Waals surface area contributed by atoms with E-state index in [4.69, 9.17) is 11.6 Å². The Morgan fingerprint density at radius 3 is 2.65 bits per heavy atom. The molecule has 0 aliphatic heterocycles. The Kier molecular flexibility index (Phi) is 4.36. The first-order valence-corrected chi connectivity index (χ1v) is 6.86. The molecule has 0 N–H and O–H groups in total. The van der Waals surface area contributed by atoms with Crippen molar-refractivity contribution in [1.82, 2.24) is 9.97 Å². The summed E-state index contributed by atoms with van der Waals surface area (Å²) in [6, 6.07) is 6.30. The lowest BCUT2D eigenvalue weighted by atomic mass is 10.4. The van der Waals surface area contributed by atoms with Crippen LogP contribution >= 0.6 is 39.3 Å². The van der Waals surface area contributed by atoms with Gasteiger partial charge in [-0.1, -0.05) is 11.6 Å². The van der Waals surface area contributed by atoms with Crippen LogP contribution in [0, 0.1) is 5.82 Å². The number of hydrogen-bond donors (Lipinski definition) is 0. The summed E-state index contributed by atoms with van der Waals surface area (Å²) >= 11 is 10.6. The highest BCUT2D eigenvalue weighted by Crippen LogP contribution is 2.24. The van der Waals surface area contributed by atoms with Crippen molar-refractivity contribution >= 4 is 39.3 Å². The second-order valence-electron chi connectivity index (χ2n) is 3.17. The molecule has 1 aromatic carbocycles. The summed E-state index contributed by atoms with van der Waals surface area (Å²) in [6.07, 6.45) is 1.62. The van der Waals surface area contributed by atoms with E-state index in [1.807, 2.05) is 0 Å². The van der Waals surface area contributed by atoms with Gasteiger partial charge in [-0.05, 0) is 40.2 Å². The smallest absolute Gasteiger partial charge is 0.146 e. The molecule has 0 amide bonds. The van der Waals surface area contributed by atoms with E-state index in [2.05, 4.69) is 25.9 Å². The van der Waals surface area contributed by atoms with Gasteiger partial charge in [0.25, 0.3) is 0 Å². The first-order chi connectivity index (χ1) is 8.15. The average molecular weight is 334 g/mol. The highest BCUT2D eigenvalue weighted by atomic mass is 79.9. The van der Waals surface area contributed by atoms with Crippen molar-refractivity contribution in [2.24, 2.45) is 0 Å². The summed E-state index contributed by atoms with van der Waals surface area (Å²) in [6.45, 7) is 0. The van der Waals surface area contributed by atoms with Crippen molar-refractivity contribution in [2.75, 3.05) is 0 Å². The number of nitrogens with zero attached hydrogens (tertiary/aromatic N) is 2. The predicted octanol–water partition coefficient (Wildman–Crippen LogP) is 4.32. The van der Waals surface area contributed by atoms with E-state index in [1.54, 1.807) is 18.3 Å². The van der Waals surface area contributed by atoms with Gasteiger partial charge < -0.3 is 0 Å². The molecular formula is C11H7BrClFN2S. The number of hydrogen-bond acceptors (Lipinski definition) is 3. The molecule has 2 rings (SSSR count). The molecule has 0 atom stereocenters. The van der Waals surface area contributed by atoms with E-state index in [-0.39, 0.29) is 5.82 Å². The third-order valence-electron chi connectivity index (χ3n) is 1.93. The van der Waals surface area contributed by atoms with Crippen molar-refractivity contribution < 1.29 is 4.39 Å². The van der Waals surface area contributed by atoms with Crippen LogP contribution in [0.25, 0.3) is 0 Å². The third kappa shape index (κ3) is 3.66. The zero-order chi connectivity index (χ0) is 12.3. The lowest BCUT2D eigenvalue weighted by Gasteiger charge is -2.02. The van der Waals surface area contributed by atoms with Crippen LogP contribution < -0.4 is 0 Å². The van der Waals surface area contributed by atoms with Crippen LogP contribution in [0.15, 0.2) is 39.8 Å². The molecule has 0 fully saturated rings. The van der Waals surface area contributed by atoms with Crippen molar-refractivity contribution in [3.05, 3.63) is 51.7 Å². The Balaban J connectivity index is 2.02. The fourth-order valence-electron chi connectivity index (χ4n) is 1.13. The van der Waals surface area contributed by atoms with Crippen molar-refractivity contribution in [3.8, 4) is 0 Å². The quantitative estimate of drug-likeness (QED) is 0.618. The molecule has 88 valence electrons. The first-order valence-electron chi connectivity index (χ1n) is 4.70. The summed E-state index contributed by atoms with van der Waals surface area (Å²) in [5.41, 5.74) is 0. The minimum atomic E-state index is -0.239. The molecule has 0 radical (unpaired) electrons. The maximum Gasteiger partial charge on any atom is 0.146 e. The van der Waals surface area contributed by atoms with Crippen molar-refractivity contribution in [3.63, 3.8) is 0 Å². The van der Waals surface area contributed by atoms with Crippen LogP contribution in [0.1, 0.15) is 5.82 Å². The van der Waals surface area contributed by atoms with Crippen LogP contribution in [-0.2, 0) is 5.75 Å². The Morgan fingerprint density at radius 2 is 2.00 bits per heavy atom. The monoisotopic (exact) mass is 332 g/mol. The third-order valence-corrected chi connectivity index (χ3v) is 4.04. The molecule has 2 aromatic rings. The zero-order valence-electron chi connectivity index (χ0n) is 8.53. The Hall–Kier alpha value is -0.650. The van der Waals surface area contributed by atoms with E-state index >= 15 is 0 Å². The molecule has 0 saturated heterocycles. The summed E-state index contributed by atoms with van der Waals surface area (Å²) < 4.78 is 13.4. The zero-order valence-corrected chi connectivity index (χ0v) is 11.7. The molecule has 2 nitrogen and oxygen atoms in total. The van der Waals surface area contributed by atoms with Crippen LogP contribution in [0.5, 0.6) is 0 Å². The minimum absolute atomic E-state index is 0.239. The number of aromatic nitrogens is 2. The van der Waals surface area contributed by atoms with Crippen molar-refractivity contribution in [2.45, 2.75) is 10.6 Å². The lowest BCUT2D eigenvalue weighted by molar-refractivity contribution is 0.626. The molecule has 17 heavy (non-hydrogen) atoms. The molecule has 1 aromatic heterocycles. The van der Waals surface area contributed by atoms with E-state index in [0.29, 0.717) is 21.2 Å². The molecular weight excluding hydrogens is 327 g/mol. The van der Waals surface area contributed by atoms with Gasteiger partial charge in [0, 0.05) is 11.1 Å². The second kappa shape index (κ2) is 5.80. The lowest BCUT2D eigenvalue weighted by Crippen LogP contribution is -1.92. The summed E-state index contributed by atoms with van der Waals surface area (Å²) in [4.78, 5) is 9.22. The van der Waals surface area contributed by atoms with Gasteiger partial charge in [-0.15, -0.1) is 11.8 Å². The van der Waals surface area contributed by atoms with E-state index in [9.17, 15) is 4.39 Å². The molecule has 0 saturated carbocycles. The largest absolute Gasteiger partial charge is 0.239 e. The fourth-order valence-corrected chi connectivity index (χ4v) is 2.23. The van der Waals surface area contributed by atoms with Gasteiger partial charge in [0.15, 0.2) is 0 Å². The molecule has 0 aliphatic rings. The Bertz CT molecular complexity index is 521. The number of thioether (sulfide) groups is 1. The molecule has 0 aliphatic carbocycles. The summed E-state index contributed by atoms with van der Waals surface area (Å²) in [7, 11) is 0. The Morgan fingerprint density at radius 1 is 1.29 bits per heavy atom. The normalized spacial score (nSPS) is 10.5. The number of rotatable bonds is 3. The van der Waals surface area contributed by atoms with Gasteiger partial charge in [-0.25, -0.2) is 14.4 Å². The highest BCUT2D eigenvalue weighted by Gasteiger charge is 2.03. The number of halogens is 3. The van der Waals surface area contributed by atoms with Gasteiger partial charge in [0.2, 0.25) is 0 Å². The second-order valence-corrected chi connectivity index (χ2v) is 5.43. The molecule has 0 unspecified atom stereocenters. The van der Waals surface area contributed by atoms with E-state index in [1.165, 1.54) is 23.9 Å². The topological polar surface area (TPSA) is 25.8 Å². The highest BCUT2D eigenvalue weighted by molar-refractivity contribution is 9.10. The molecule has 0 bridgehead atoms. The maximum atomic E-state index is 12.7. The first kappa shape index (κ1) is 12.8. The summed E-state index contributed by atoms with van der Waals surface area (Å²) in [5, 5.41) is 0.398. The van der Waals surface area contributed by atoms with Gasteiger partial charge in [0.1, 0.15) is 16.8 Å². The van der Waals surface area contributed by atoms with Crippen LogP contribution in [0.3, 0.4) is 0 Å².